The molecule has 3 rings (SSSR count). The number of unbranched alkanes of at least 4 members (excludes halogenated alkanes) is 1. The fraction of sp³-hybridized carbons (Fsp3) is 0.273. The predicted octanol–water partition coefficient (Wildman–Crippen LogP) is 4.05. The van der Waals surface area contributed by atoms with Crippen LogP contribution in [0.3, 0.4) is 0 Å². The maximum absolute atomic E-state index is 12.3. The zero-order valence-electron chi connectivity index (χ0n) is 17.1. The van der Waals surface area contributed by atoms with E-state index in [1.807, 2.05) is 48.0 Å². The molecule has 30 heavy (non-hydrogen) atoms. The summed E-state index contributed by atoms with van der Waals surface area (Å²) >= 11 is 1.60. The molecule has 1 N–H and O–H groups in total. The summed E-state index contributed by atoms with van der Waals surface area (Å²) in [6.07, 6.45) is 5.43. The molecular formula is C22H25N5O2S. The SMILES string of the molecule is CCCCOc1ccc(C=NNC(=O)c2ccc(CSc3nncn3C)cc2)cc1. The van der Waals surface area contributed by atoms with Gasteiger partial charge in [0.25, 0.3) is 5.91 Å². The number of hydrogen-bond acceptors (Lipinski definition) is 6. The normalized spacial score (nSPS) is 11.0. The molecule has 2 aromatic carbocycles. The molecule has 0 bridgehead atoms. The quantitative estimate of drug-likeness (QED) is 0.230. The van der Waals surface area contributed by atoms with E-state index in [4.69, 9.17) is 4.74 Å². The van der Waals surface area contributed by atoms with Crippen molar-refractivity contribution >= 4 is 23.9 Å². The van der Waals surface area contributed by atoms with E-state index in [-0.39, 0.29) is 5.91 Å². The minimum atomic E-state index is -0.252. The van der Waals surface area contributed by atoms with Gasteiger partial charge in [-0.1, -0.05) is 37.2 Å². The molecule has 0 saturated heterocycles. The van der Waals surface area contributed by atoms with E-state index in [0.717, 1.165) is 47.2 Å². The van der Waals surface area contributed by atoms with E-state index < -0.39 is 0 Å². The number of hydrogen-bond donors (Lipinski definition) is 1. The van der Waals surface area contributed by atoms with Crippen LogP contribution >= 0.6 is 11.8 Å². The predicted molar refractivity (Wildman–Crippen MR) is 119 cm³/mol. The lowest BCUT2D eigenvalue weighted by Gasteiger charge is -2.05. The van der Waals surface area contributed by atoms with Gasteiger partial charge >= 0.3 is 0 Å². The average Bonchev–Trinajstić information content (AvgIpc) is 3.18. The summed E-state index contributed by atoms with van der Waals surface area (Å²) in [5.74, 6) is 1.34. The van der Waals surface area contributed by atoms with Crippen molar-refractivity contribution in [1.82, 2.24) is 20.2 Å². The first kappa shape index (κ1) is 21.6. The first-order valence-corrected chi connectivity index (χ1v) is 10.8. The second kappa shape index (κ2) is 11.2. The van der Waals surface area contributed by atoms with Crippen LogP contribution in [-0.4, -0.2) is 33.5 Å². The molecule has 0 fully saturated rings. The molecule has 1 amide bonds. The van der Waals surface area contributed by atoms with Gasteiger partial charge in [-0.15, -0.1) is 10.2 Å². The molecule has 156 valence electrons. The van der Waals surface area contributed by atoms with Crippen molar-refractivity contribution in [3.63, 3.8) is 0 Å². The molecule has 0 spiro atoms. The number of rotatable bonds is 10. The van der Waals surface area contributed by atoms with Gasteiger partial charge in [0, 0.05) is 18.4 Å². The third-order valence-electron chi connectivity index (χ3n) is 4.28. The number of hydrazone groups is 1. The van der Waals surface area contributed by atoms with E-state index in [0.29, 0.717) is 5.56 Å². The van der Waals surface area contributed by atoms with Gasteiger partial charge in [-0.25, -0.2) is 5.43 Å². The number of thioether (sulfide) groups is 1. The molecule has 0 saturated carbocycles. The van der Waals surface area contributed by atoms with Crippen LogP contribution in [0.4, 0.5) is 0 Å². The van der Waals surface area contributed by atoms with E-state index in [9.17, 15) is 4.79 Å². The van der Waals surface area contributed by atoms with Gasteiger partial charge in [-0.2, -0.15) is 5.10 Å². The monoisotopic (exact) mass is 423 g/mol. The van der Waals surface area contributed by atoms with Crippen molar-refractivity contribution in [2.45, 2.75) is 30.7 Å². The van der Waals surface area contributed by atoms with Crippen molar-refractivity contribution < 1.29 is 9.53 Å². The Morgan fingerprint density at radius 1 is 1.20 bits per heavy atom. The Labute approximate surface area is 180 Å². The summed E-state index contributed by atoms with van der Waals surface area (Å²) in [5.41, 5.74) is 5.10. The lowest BCUT2D eigenvalue weighted by molar-refractivity contribution is 0.0955. The van der Waals surface area contributed by atoms with E-state index in [1.165, 1.54) is 0 Å². The molecule has 8 heteroatoms. The summed E-state index contributed by atoms with van der Waals surface area (Å²) in [6, 6.07) is 15.0. The Kier molecular flexibility index (Phi) is 8.02. The average molecular weight is 424 g/mol. The Morgan fingerprint density at radius 2 is 1.97 bits per heavy atom. The molecule has 0 atom stereocenters. The Bertz CT molecular complexity index is 968. The minimum Gasteiger partial charge on any atom is -0.494 e. The Morgan fingerprint density at radius 3 is 2.63 bits per heavy atom. The Hall–Kier alpha value is -3.13. The molecule has 0 radical (unpaired) electrons. The summed E-state index contributed by atoms with van der Waals surface area (Å²) in [6.45, 7) is 2.85. The number of aromatic nitrogens is 3. The van der Waals surface area contributed by atoms with E-state index in [2.05, 4.69) is 27.6 Å². The molecule has 3 aromatic rings. The first-order valence-electron chi connectivity index (χ1n) is 9.77. The van der Waals surface area contributed by atoms with Gasteiger partial charge in [0.05, 0.1) is 12.8 Å². The standard InChI is InChI=1S/C22H25N5O2S/c1-3-4-13-29-20-11-7-17(8-12-20)14-23-25-21(28)19-9-5-18(6-10-19)15-30-22-26-24-16-27(22)2/h5-12,14,16H,3-4,13,15H2,1-2H3,(H,25,28). The van der Waals surface area contributed by atoms with Gasteiger partial charge in [0.2, 0.25) is 0 Å². The van der Waals surface area contributed by atoms with Gasteiger partial charge in [0.1, 0.15) is 12.1 Å². The fourth-order valence-corrected chi connectivity index (χ4v) is 3.36. The van der Waals surface area contributed by atoms with Crippen LogP contribution in [0.2, 0.25) is 0 Å². The molecule has 1 heterocycles. The highest BCUT2D eigenvalue weighted by Crippen LogP contribution is 2.20. The van der Waals surface area contributed by atoms with E-state index in [1.54, 1.807) is 36.4 Å². The van der Waals surface area contributed by atoms with Crippen LogP contribution in [-0.2, 0) is 12.8 Å². The highest BCUT2D eigenvalue weighted by atomic mass is 32.2. The van der Waals surface area contributed by atoms with Crippen molar-refractivity contribution in [2.75, 3.05) is 6.61 Å². The maximum Gasteiger partial charge on any atom is 0.271 e. The van der Waals surface area contributed by atoms with Crippen LogP contribution in [0, 0.1) is 0 Å². The van der Waals surface area contributed by atoms with Crippen LogP contribution in [0.15, 0.2) is 65.1 Å². The van der Waals surface area contributed by atoms with Crippen LogP contribution in [0.5, 0.6) is 5.75 Å². The molecular weight excluding hydrogens is 398 g/mol. The number of benzene rings is 2. The number of carbonyl (C=O) groups excluding carboxylic acids is 1. The number of nitrogens with zero attached hydrogens (tertiary/aromatic N) is 4. The fourth-order valence-electron chi connectivity index (χ4n) is 2.52. The lowest BCUT2D eigenvalue weighted by atomic mass is 10.1. The highest BCUT2D eigenvalue weighted by molar-refractivity contribution is 7.98. The maximum atomic E-state index is 12.3. The zero-order valence-corrected chi connectivity index (χ0v) is 17.9. The summed E-state index contributed by atoms with van der Waals surface area (Å²) < 4.78 is 7.50. The number of aryl methyl sites for hydroxylation is 1. The third-order valence-corrected chi connectivity index (χ3v) is 5.39. The van der Waals surface area contributed by atoms with Crippen LogP contribution < -0.4 is 10.2 Å². The zero-order chi connectivity index (χ0) is 21.2. The van der Waals surface area contributed by atoms with Gasteiger partial charge in [-0.05, 0) is 53.9 Å². The number of nitrogens with one attached hydrogen (secondary N) is 1. The number of carbonyl (C=O) groups is 1. The summed E-state index contributed by atoms with van der Waals surface area (Å²) in [5, 5.41) is 12.8. The van der Waals surface area contributed by atoms with Crippen molar-refractivity contribution in [3.8, 4) is 5.75 Å². The minimum absolute atomic E-state index is 0.252. The molecule has 7 nitrogen and oxygen atoms in total. The molecule has 0 aliphatic heterocycles. The first-order chi connectivity index (χ1) is 14.7. The van der Waals surface area contributed by atoms with Gasteiger partial charge in [0.15, 0.2) is 5.16 Å². The number of amides is 1. The second-order valence-electron chi connectivity index (χ2n) is 6.68. The van der Waals surface area contributed by atoms with Crippen LogP contribution in [0.25, 0.3) is 0 Å². The van der Waals surface area contributed by atoms with Gasteiger partial charge in [-0.3, -0.25) is 4.79 Å². The van der Waals surface area contributed by atoms with Crippen molar-refractivity contribution in [2.24, 2.45) is 12.1 Å². The lowest BCUT2D eigenvalue weighted by Crippen LogP contribution is -2.17. The molecule has 0 aliphatic carbocycles. The van der Waals surface area contributed by atoms with Gasteiger partial charge < -0.3 is 9.30 Å². The molecule has 0 aliphatic rings. The highest BCUT2D eigenvalue weighted by Gasteiger charge is 2.06. The largest absolute Gasteiger partial charge is 0.494 e. The number of ether oxygens (including phenoxy) is 1. The van der Waals surface area contributed by atoms with E-state index >= 15 is 0 Å². The second-order valence-corrected chi connectivity index (χ2v) is 7.62. The topological polar surface area (TPSA) is 81.4 Å². The summed E-state index contributed by atoms with van der Waals surface area (Å²) in [7, 11) is 1.91. The van der Waals surface area contributed by atoms with Crippen molar-refractivity contribution in [3.05, 3.63) is 71.5 Å². The molecule has 1 aromatic heterocycles. The Balaban J connectivity index is 1.46. The molecule has 0 unspecified atom stereocenters. The van der Waals surface area contributed by atoms with Crippen LogP contribution in [0.1, 0.15) is 41.3 Å². The smallest absolute Gasteiger partial charge is 0.271 e. The van der Waals surface area contributed by atoms with Crippen molar-refractivity contribution in [1.29, 1.82) is 0 Å². The third kappa shape index (κ3) is 6.45. The summed E-state index contributed by atoms with van der Waals surface area (Å²) in [4.78, 5) is 12.3.